The average Bonchev–Trinajstić information content (AvgIpc) is 2.85. The maximum atomic E-state index is 10.9. The van der Waals surface area contributed by atoms with Gasteiger partial charge in [0.15, 0.2) is 6.23 Å². The molecular weight excluding hydrogens is 398 g/mol. The van der Waals surface area contributed by atoms with Crippen molar-refractivity contribution in [1.29, 1.82) is 0 Å². The lowest BCUT2D eigenvalue weighted by molar-refractivity contribution is 0.208. The molecule has 2 aromatic carbocycles. The number of aliphatic hydroxyl groups excluding tert-OH is 1. The van der Waals surface area contributed by atoms with Gasteiger partial charge in [0.05, 0.1) is 17.4 Å². The number of aliphatic hydroxyl groups is 1. The number of benzene rings is 2. The Labute approximate surface area is 185 Å². The van der Waals surface area contributed by atoms with Gasteiger partial charge in [-0.3, -0.25) is 4.98 Å². The second-order valence-electron chi connectivity index (χ2n) is 7.32. The molecule has 6 nitrogen and oxygen atoms in total. The summed E-state index contributed by atoms with van der Waals surface area (Å²) in [4.78, 5) is 13.2. The predicted octanol–water partition coefficient (Wildman–Crippen LogP) is 5.54. The van der Waals surface area contributed by atoms with Gasteiger partial charge in [0.25, 0.3) is 0 Å². The number of nitrogens with one attached hydrogen (secondary N) is 2. The normalized spacial score (nSPS) is 11.8. The van der Waals surface area contributed by atoms with Crippen molar-refractivity contribution in [3.63, 3.8) is 0 Å². The van der Waals surface area contributed by atoms with Crippen molar-refractivity contribution in [3.8, 4) is 11.1 Å². The summed E-state index contributed by atoms with van der Waals surface area (Å²) in [6, 6.07) is 27.4. The van der Waals surface area contributed by atoms with Gasteiger partial charge in [-0.2, -0.15) is 0 Å². The number of nitrogens with zero attached hydrogens (tertiary/aromatic N) is 3. The molecule has 32 heavy (non-hydrogen) atoms. The van der Waals surface area contributed by atoms with Crippen LogP contribution in [0.15, 0.2) is 104 Å². The molecule has 0 aliphatic heterocycles. The Morgan fingerprint density at radius 3 is 2.53 bits per heavy atom. The molecule has 0 aliphatic carbocycles. The number of para-hydroxylation sites is 1. The Balaban J connectivity index is 1.36. The Morgan fingerprint density at radius 1 is 0.781 bits per heavy atom. The van der Waals surface area contributed by atoms with Gasteiger partial charge in [0, 0.05) is 28.9 Å². The van der Waals surface area contributed by atoms with Crippen LogP contribution in [0.1, 0.15) is 11.8 Å². The Bertz CT molecular complexity index is 1360. The predicted molar refractivity (Wildman–Crippen MR) is 128 cm³/mol. The SMILES string of the molecule is OC(Nc1cnccc1-c1ccccc1)c1ccnc(Nc2ccc3ccccc3n2)c1. The topological polar surface area (TPSA) is 83.0 Å². The van der Waals surface area contributed by atoms with Gasteiger partial charge < -0.3 is 15.7 Å². The lowest BCUT2D eigenvalue weighted by atomic mass is 10.1. The number of fused-ring (bicyclic) bond motifs is 1. The molecule has 3 N–H and O–H groups in total. The van der Waals surface area contributed by atoms with Gasteiger partial charge in [-0.05, 0) is 42.0 Å². The second-order valence-corrected chi connectivity index (χ2v) is 7.32. The molecule has 0 radical (unpaired) electrons. The maximum absolute atomic E-state index is 10.9. The molecule has 0 fully saturated rings. The third kappa shape index (κ3) is 4.26. The average molecular weight is 419 g/mol. The van der Waals surface area contributed by atoms with Crippen molar-refractivity contribution >= 4 is 28.2 Å². The van der Waals surface area contributed by atoms with Crippen molar-refractivity contribution in [1.82, 2.24) is 15.0 Å². The monoisotopic (exact) mass is 419 g/mol. The van der Waals surface area contributed by atoms with Crippen LogP contribution in [0.3, 0.4) is 0 Å². The molecule has 0 bridgehead atoms. The third-order valence-electron chi connectivity index (χ3n) is 5.15. The van der Waals surface area contributed by atoms with E-state index < -0.39 is 6.23 Å². The van der Waals surface area contributed by atoms with Gasteiger partial charge >= 0.3 is 0 Å². The molecule has 156 valence electrons. The standard InChI is InChI=1S/C26H21N5O/c32-26(30-23-17-27-14-13-21(23)18-6-2-1-3-7-18)20-12-15-28-25(16-20)31-24-11-10-19-8-4-5-9-22(19)29-24/h1-17,26,30,32H,(H,28,29,31). The van der Waals surface area contributed by atoms with Crippen molar-refractivity contribution in [2.75, 3.05) is 10.6 Å². The van der Waals surface area contributed by atoms with E-state index in [0.29, 0.717) is 17.2 Å². The van der Waals surface area contributed by atoms with E-state index in [9.17, 15) is 5.11 Å². The first-order valence-electron chi connectivity index (χ1n) is 10.3. The van der Waals surface area contributed by atoms with Gasteiger partial charge in [-0.15, -0.1) is 0 Å². The fourth-order valence-corrected chi connectivity index (χ4v) is 3.56. The van der Waals surface area contributed by atoms with E-state index in [1.54, 1.807) is 30.7 Å². The Hall–Kier alpha value is -4.29. The molecule has 5 aromatic rings. The number of pyridine rings is 3. The van der Waals surface area contributed by atoms with E-state index >= 15 is 0 Å². The molecular formula is C26H21N5O. The van der Waals surface area contributed by atoms with E-state index in [2.05, 4.69) is 25.6 Å². The minimum atomic E-state index is -0.935. The summed E-state index contributed by atoms with van der Waals surface area (Å²) in [5, 5.41) is 18.3. The summed E-state index contributed by atoms with van der Waals surface area (Å²) >= 11 is 0. The van der Waals surface area contributed by atoms with Crippen LogP contribution in [0.2, 0.25) is 0 Å². The molecule has 0 amide bonds. The van der Waals surface area contributed by atoms with Gasteiger partial charge in [0.1, 0.15) is 11.6 Å². The van der Waals surface area contributed by atoms with Crippen molar-refractivity contribution < 1.29 is 5.11 Å². The summed E-state index contributed by atoms with van der Waals surface area (Å²) in [6.07, 6.45) is 4.18. The fourth-order valence-electron chi connectivity index (χ4n) is 3.56. The van der Waals surface area contributed by atoms with E-state index in [1.807, 2.05) is 72.8 Å². The zero-order valence-corrected chi connectivity index (χ0v) is 17.2. The number of aromatic nitrogens is 3. The molecule has 5 rings (SSSR count). The third-order valence-corrected chi connectivity index (χ3v) is 5.15. The minimum absolute atomic E-state index is 0.598. The summed E-state index contributed by atoms with van der Waals surface area (Å²) < 4.78 is 0. The van der Waals surface area contributed by atoms with Crippen LogP contribution in [0, 0.1) is 0 Å². The van der Waals surface area contributed by atoms with Gasteiger partial charge in [0.2, 0.25) is 0 Å². The minimum Gasteiger partial charge on any atom is -0.369 e. The lowest BCUT2D eigenvalue weighted by Crippen LogP contribution is -2.11. The Morgan fingerprint density at radius 2 is 1.62 bits per heavy atom. The van der Waals surface area contributed by atoms with Crippen molar-refractivity contribution in [2.24, 2.45) is 0 Å². The molecule has 0 aliphatic rings. The molecule has 6 heteroatoms. The molecule has 3 heterocycles. The smallest absolute Gasteiger partial charge is 0.151 e. The highest BCUT2D eigenvalue weighted by atomic mass is 16.3. The molecule has 0 saturated heterocycles. The van der Waals surface area contributed by atoms with Crippen LogP contribution >= 0.6 is 0 Å². The number of hydrogen-bond acceptors (Lipinski definition) is 6. The number of hydrogen-bond donors (Lipinski definition) is 3. The molecule has 0 spiro atoms. The van der Waals surface area contributed by atoms with E-state index in [0.717, 1.165) is 27.7 Å². The fraction of sp³-hybridized carbons (Fsp3) is 0.0385. The van der Waals surface area contributed by atoms with E-state index in [-0.39, 0.29) is 0 Å². The quantitative estimate of drug-likeness (QED) is 0.314. The highest BCUT2D eigenvalue weighted by molar-refractivity contribution is 5.80. The number of rotatable bonds is 6. The van der Waals surface area contributed by atoms with Crippen LogP contribution in [0.4, 0.5) is 17.3 Å². The first kappa shape index (κ1) is 19.7. The van der Waals surface area contributed by atoms with Crippen LogP contribution in [-0.4, -0.2) is 20.1 Å². The Kier molecular flexibility index (Phi) is 5.43. The largest absolute Gasteiger partial charge is 0.369 e. The number of anilines is 3. The van der Waals surface area contributed by atoms with Crippen LogP contribution in [-0.2, 0) is 0 Å². The molecule has 3 aromatic heterocycles. The van der Waals surface area contributed by atoms with Gasteiger partial charge in [-0.25, -0.2) is 9.97 Å². The molecule has 1 unspecified atom stereocenters. The zero-order valence-electron chi connectivity index (χ0n) is 17.2. The summed E-state index contributed by atoms with van der Waals surface area (Å²) in [5.41, 5.74) is 4.33. The zero-order chi connectivity index (χ0) is 21.8. The van der Waals surface area contributed by atoms with Crippen molar-refractivity contribution in [3.05, 3.63) is 109 Å². The van der Waals surface area contributed by atoms with E-state index in [1.165, 1.54) is 0 Å². The molecule has 0 saturated carbocycles. The highest BCUT2D eigenvalue weighted by Gasteiger charge is 2.12. The van der Waals surface area contributed by atoms with E-state index in [4.69, 9.17) is 0 Å². The summed E-state index contributed by atoms with van der Waals surface area (Å²) in [5.74, 6) is 1.29. The van der Waals surface area contributed by atoms with Crippen LogP contribution < -0.4 is 10.6 Å². The first-order valence-corrected chi connectivity index (χ1v) is 10.3. The summed E-state index contributed by atoms with van der Waals surface area (Å²) in [7, 11) is 0. The maximum Gasteiger partial charge on any atom is 0.151 e. The van der Waals surface area contributed by atoms with Crippen LogP contribution in [0.25, 0.3) is 22.0 Å². The summed E-state index contributed by atoms with van der Waals surface area (Å²) in [6.45, 7) is 0. The van der Waals surface area contributed by atoms with Crippen LogP contribution in [0.5, 0.6) is 0 Å². The highest BCUT2D eigenvalue weighted by Crippen LogP contribution is 2.29. The first-order chi connectivity index (χ1) is 15.8. The van der Waals surface area contributed by atoms with Crippen molar-refractivity contribution in [2.45, 2.75) is 6.23 Å². The van der Waals surface area contributed by atoms with Gasteiger partial charge in [-0.1, -0.05) is 48.5 Å². The second kappa shape index (κ2) is 8.83. The lowest BCUT2D eigenvalue weighted by Gasteiger charge is -2.18. The molecule has 1 atom stereocenters.